The summed E-state index contributed by atoms with van der Waals surface area (Å²) in [4.78, 5) is 0. The molecular weight excluding hydrogens is 743 g/mol. The summed E-state index contributed by atoms with van der Waals surface area (Å²) in [6.45, 7) is 0. The highest BCUT2D eigenvalue weighted by atomic mass is 16.3. The zero-order valence-electron chi connectivity index (χ0n) is 33.1. The second-order valence-corrected chi connectivity index (χ2v) is 15.1. The van der Waals surface area contributed by atoms with E-state index in [1.54, 1.807) is 0 Å². The Hall–Kier alpha value is -8.21. The van der Waals surface area contributed by atoms with Gasteiger partial charge in [0.1, 0.15) is 22.6 Å². The van der Waals surface area contributed by atoms with Gasteiger partial charge in [0.15, 0.2) is 0 Å². The van der Waals surface area contributed by atoms with Crippen LogP contribution in [0.2, 0.25) is 0 Å². The van der Waals surface area contributed by atoms with E-state index in [4.69, 9.17) is 14.6 Å². The first-order chi connectivity index (χ1) is 30.3. The minimum Gasteiger partial charge on any atom is -0.456 e. The topological polar surface area (TPSA) is 51.8 Å². The summed E-state index contributed by atoms with van der Waals surface area (Å²) < 4.78 is 6.74. The molecular formula is C57H37N3O. The van der Waals surface area contributed by atoms with Crippen LogP contribution in [0.4, 0.5) is 0 Å². The molecule has 0 saturated heterocycles. The van der Waals surface area contributed by atoms with Crippen LogP contribution in [0.5, 0.6) is 0 Å². The van der Waals surface area contributed by atoms with Crippen molar-refractivity contribution in [3.63, 3.8) is 0 Å². The Labute approximate surface area is 354 Å². The van der Waals surface area contributed by atoms with E-state index >= 15 is 0 Å². The van der Waals surface area contributed by atoms with E-state index in [1.165, 1.54) is 0 Å². The fraction of sp³-hybridized carbons (Fsp3) is 0. The number of aromatic nitrogens is 3. The first kappa shape index (κ1) is 35.9. The molecule has 11 aromatic rings. The van der Waals surface area contributed by atoms with Crippen LogP contribution in [0, 0.1) is 0 Å². The van der Waals surface area contributed by atoms with Crippen molar-refractivity contribution < 1.29 is 4.42 Å². The van der Waals surface area contributed by atoms with Crippen LogP contribution in [0.15, 0.2) is 229 Å². The van der Waals surface area contributed by atoms with Gasteiger partial charge in [-0.2, -0.15) is 0 Å². The lowest BCUT2D eigenvalue weighted by molar-refractivity contribution is 0.669. The first-order valence-electron chi connectivity index (χ1n) is 20.5. The summed E-state index contributed by atoms with van der Waals surface area (Å²) in [7, 11) is 0. The Bertz CT molecular complexity index is 3340. The van der Waals surface area contributed by atoms with Gasteiger partial charge in [-0.15, -0.1) is 10.2 Å². The molecule has 0 aliphatic heterocycles. The highest BCUT2D eigenvalue weighted by molar-refractivity contribution is 6.20. The molecule has 4 heteroatoms. The molecule has 0 unspecified atom stereocenters. The minimum atomic E-state index is 0.737. The number of benzene rings is 9. The molecule has 11 rings (SSSR count). The Morgan fingerprint density at radius 1 is 0.262 bits per heavy atom. The fourth-order valence-electron chi connectivity index (χ4n) is 8.91. The Morgan fingerprint density at radius 2 is 0.721 bits per heavy atom. The third-order valence-corrected chi connectivity index (χ3v) is 11.6. The highest BCUT2D eigenvalue weighted by Gasteiger charge is 2.28. The van der Waals surface area contributed by atoms with Crippen LogP contribution in [0.1, 0.15) is 0 Å². The van der Waals surface area contributed by atoms with E-state index in [0.29, 0.717) is 0 Å². The van der Waals surface area contributed by atoms with Crippen molar-refractivity contribution >= 4 is 21.9 Å². The predicted octanol–water partition coefficient (Wildman–Crippen LogP) is 15.1. The number of hydrogen-bond donors (Lipinski definition) is 0. The van der Waals surface area contributed by atoms with Crippen molar-refractivity contribution in [1.29, 1.82) is 0 Å². The molecule has 9 aromatic carbocycles. The zero-order valence-corrected chi connectivity index (χ0v) is 33.1. The maximum atomic E-state index is 6.74. The number of fused-ring (bicyclic) bond motifs is 3. The van der Waals surface area contributed by atoms with Gasteiger partial charge in [0.25, 0.3) is 0 Å². The molecule has 0 atom stereocenters. The summed E-state index contributed by atoms with van der Waals surface area (Å²) in [5.74, 6) is 0. The Kier molecular flexibility index (Phi) is 9.14. The zero-order chi connectivity index (χ0) is 40.5. The summed E-state index contributed by atoms with van der Waals surface area (Å²) >= 11 is 0. The second kappa shape index (κ2) is 15.5. The van der Waals surface area contributed by atoms with Gasteiger partial charge in [-0.05, 0) is 73.5 Å². The van der Waals surface area contributed by atoms with Crippen LogP contribution < -0.4 is 0 Å². The van der Waals surface area contributed by atoms with E-state index in [0.717, 1.165) is 111 Å². The quantitative estimate of drug-likeness (QED) is 0.154. The molecule has 0 bridgehead atoms. The first-order valence-corrected chi connectivity index (χ1v) is 20.5. The van der Waals surface area contributed by atoms with Crippen molar-refractivity contribution in [2.45, 2.75) is 0 Å². The largest absolute Gasteiger partial charge is 0.456 e. The molecule has 286 valence electrons. The molecule has 0 radical (unpaired) electrons. The maximum Gasteiger partial charge on any atom is 0.136 e. The molecule has 61 heavy (non-hydrogen) atoms. The lowest BCUT2D eigenvalue weighted by Gasteiger charge is -2.23. The molecule has 0 fully saturated rings. The van der Waals surface area contributed by atoms with Crippen molar-refractivity contribution in [3.05, 3.63) is 224 Å². The smallest absolute Gasteiger partial charge is 0.136 e. The Morgan fingerprint density at radius 3 is 1.34 bits per heavy atom. The number of hydrogen-bond acceptors (Lipinski definition) is 4. The highest BCUT2D eigenvalue weighted by Crippen LogP contribution is 2.52. The summed E-state index contributed by atoms with van der Waals surface area (Å²) in [5.41, 5.74) is 17.9. The predicted molar refractivity (Wildman–Crippen MR) is 251 cm³/mol. The van der Waals surface area contributed by atoms with Crippen molar-refractivity contribution in [2.24, 2.45) is 0 Å². The van der Waals surface area contributed by atoms with Gasteiger partial charge in [-0.3, -0.25) is 0 Å². The number of furan rings is 1. The minimum absolute atomic E-state index is 0.737. The molecule has 0 aliphatic rings. The number of para-hydroxylation sites is 1. The van der Waals surface area contributed by atoms with Gasteiger partial charge in [0, 0.05) is 38.6 Å². The summed E-state index contributed by atoms with van der Waals surface area (Å²) in [6, 6.07) is 78.8. The van der Waals surface area contributed by atoms with Gasteiger partial charge >= 0.3 is 0 Å². The number of rotatable bonds is 8. The van der Waals surface area contributed by atoms with Gasteiger partial charge in [0.2, 0.25) is 0 Å². The van der Waals surface area contributed by atoms with Crippen LogP contribution in [-0.2, 0) is 0 Å². The third-order valence-electron chi connectivity index (χ3n) is 11.6. The summed E-state index contributed by atoms with van der Waals surface area (Å²) in [5, 5.41) is 16.4. The molecule has 0 amide bonds. The van der Waals surface area contributed by atoms with E-state index < -0.39 is 0 Å². The van der Waals surface area contributed by atoms with E-state index in [9.17, 15) is 0 Å². The standard InChI is InChI=1S/C57H37N3O/c1-5-20-38(21-6-1)42-28-13-15-30-44(42)46-33-19-34-49(57-52(40-24-9-3-10-25-40)56(58-60-59-57)41-26-11-4-12-27-41)53(46)55-47(36-37-51-54(55)48-32-17-18-35-50(48)61-51)45-31-16-14-29-43(45)39-22-7-2-8-23-39/h1-37H. The van der Waals surface area contributed by atoms with Crippen LogP contribution in [0.25, 0.3) is 111 Å². The van der Waals surface area contributed by atoms with Crippen molar-refractivity contribution in [2.75, 3.05) is 0 Å². The van der Waals surface area contributed by atoms with Gasteiger partial charge < -0.3 is 4.42 Å². The SMILES string of the molecule is c1ccc(-c2ccccc2-c2cccc(-c3nnnc(-c4ccccc4)c3-c3ccccc3)c2-c2c(-c3ccccc3-c3ccccc3)ccc3oc4ccccc4c23)cc1. The third kappa shape index (κ3) is 6.39. The summed E-state index contributed by atoms with van der Waals surface area (Å²) in [6.07, 6.45) is 0. The van der Waals surface area contributed by atoms with Gasteiger partial charge in [-0.25, -0.2) is 0 Å². The average molecular weight is 780 g/mol. The van der Waals surface area contributed by atoms with Crippen LogP contribution >= 0.6 is 0 Å². The molecule has 4 nitrogen and oxygen atoms in total. The maximum absolute atomic E-state index is 6.74. The van der Waals surface area contributed by atoms with Crippen molar-refractivity contribution in [1.82, 2.24) is 15.4 Å². The molecule has 2 heterocycles. The van der Waals surface area contributed by atoms with Crippen LogP contribution in [-0.4, -0.2) is 15.4 Å². The lowest BCUT2D eigenvalue weighted by Crippen LogP contribution is -2.02. The second-order valence-electron chi connectivity index (χ2n) is 15.1. The lowest BCUT2D eigenvalue weighted by atomic mass is 9.80. The molecule has 0 saturated carbocycles. The normalized spacial score (nSPS) is 11.3. The molecule has 2 aromatic heterocycles. The monoisotopic (exact) mass is 779 g/mol. The van der Waals surface area contributed by atoms with E-state index in [2.05, 4.69) is 199 Å². The van der Waals surface area contributed by atoms with Crippen molar-refractivity contribution in [3.8, 4) is 89.3 Å². The van der Waals surface area contributed by atoms with Gasteiger partial charge in [-0.1, -0.05) is 206 Å². The fourth-order valence-corrected chi connectivity index (χ4v) is 8.91. The van der Waals surface area contributed by atoms with Crippen LogP contribution in [0.3, 0.4) is 0 Å². The number of nitrogens with zero attached hydrogens (tertiary/aromatic N) is 3. The van der Waals surface area contributed by atoms with E-state index in [-0.39, 0.29) is 0 Å². The molecule has 0 spiro atoms. The van der Waals surface area contributed by atoms with Gasteiger partial charge in [0.05, 0.1) is 0 Å². The Balaban J connectivity index is 1.34. The van der Waals surface area contributed by atoms with E-state index in [1.807, 2.05) is 30.3 Å². The molecule has 0 aliphatic carbocycles. The average Bonchev–Trinajstić information content (AvgIpc) is 3.73. The molecule has 0 N–H and O–H groups in total.